The number of carbonyl (C=O) groups excluding carboxylic acids is 1. The summed E-state index contributed by atoms with van der Waals surface area (Å²) in [4.78, 5) is 29.1. The fraction of sp³-hybridized carbons (Fsp3) is 0.263. The normalized spacial score (nSPS) is 10.7. The van der Waals surface area contributed by atoms with Crippen LogP contribution >= 0.6 is 11.3 Å². The largest absolute Gasteiger partial charge is 0.351 e. The molecule has 1 aromatic carbocycles. The maximum Gasteiger partial charge on any atom is 0.266 e. The molecule has 0 atom stereocenters. The number of benzene rings is 1. The molecule has 0 spiro atoms. The van der Waals surface area contributed by atoms with Crippen LogP contribution in [0.4, 0.5) is 0 Å². The first kappa shape index (κ1) is 18.0. The number of nitrogens with one attached hydrogen (secondary N) is 1. The maximum atomic E-state index is 12.2. The highest BCUT2D eigenvalue weighted by Crippen LogP contribution is 2.16. The van der Waals surface area contributed by atoms with Crippen molar-refractivity contribution in [2.45, 2.75) is 26.8 Å². The van der Waals surface area contributed by atoms with Gasteiger partial charge in [-0.2, -0.15) is 5.10 Å². The van der Waals surface area contributed by atoms with Crippen molar-refractivity contribution in [1.82, 2.24) is 20.1 Å². The van der Waals surface area contributed by atoms with Crippen molar-refractivity contribution in [2.75, 3.05) is 6.54 Å². The van der Waals surface area contributed by atoms with Crippen LogP contribution in [0.25, 0.3) is 11.3 Å². The van der Waals surface area contributed by atoms with E-state index in [4.69, 9.17) is 0 Å². The molecule has 7 heteroatoms. The van der Waals surface area contributed by atoms with E-state index >= 15 is 0 Å². The van der Waals surface area contributed by atoms with Crippen LogP contribution < -0.4 is 10.9 Å². The Morgan fingerprint density at radius 3 is 2.62 bits per heavy atom. The van der Waals surface area contributed by atoms with Crippen molar-refractivity contribution in [3.63, 3.8) is 0 Å². The number of thiazole rings is 1. The second-order valence-electron chi connectivity index (χ2n) is 5.90. The number of amides is 1. The summed E-state index contributed by atoms with van der Waals surface area (Å²) < 4.78 is 1.44. The number of rotatable bonds is 6. The van der Waals surface area contributed by atoms with E-state index in [1.165, 1.54) is 22.1 Å². The average molecular weight is 368 g/mol. The first-order valence-electron chi connectivity index (χ1n) is 8.40. The Hall–Kier alpha value is -2.80. The van der Waals surface area contributed by atoms with E-state index < -0.39 is 0 Å². The Kier molecular flexibility index (Phi) is 5.58. The Morgan fingerprint density at radius 2 is 1.92 bits per heavy atom. The van der Waals surface area contributed by atoms with Gasteiger partial charge in [0.15, 0.2) is 0 Å². The summed E-state index contributed by atoms with van der Waals surface area (Å²) in [5.41, 5.74) is 2.32. The Morgan fingerprint density at radius 1 is 1.15 bits per heavy atom. The zero-order chi connectivity index (χ0) is 18.5. The molecule has 1 amide bonds. The number of hydrogen-bond donors (Lipinski definition) is 1. The fourth-order valence-corrected chi connectivity index (χ4v) is 3.46. The monoisotopic (exact) mass is 368 g/mol. The number of aromatic nitrogens is 3. The van der Waals surface area contributed by atoms with E-state index in [2.05, 4.69) is 15.4 Å². The molecule has 0 unspecified atom stereocenters. The van der Waals surface area contributed by atoms with E-state index in [-0.39, 0.29) is 11.5 Å². The molecule has 0 fully saturated rings. The van der Waals surface area contributed by atoms with Crippen LogP contribution in [-0.2, 0) is 6.54 Å². The average Bonchev–Trinajstić information content (AvgIpc) is 2.99. The summed E-state index contributed by atoms with van der Waals surface area (Å²) >= 11 is 1.39. The molecule has 1 N–H and O–H groups in total. The lowest BCUT2D eigenvalue weighted by atomic mass is 10.1. The van der Waals surface area contributed by atoms with Gasteiger partial charge in [0.25, 0.3) is 11.5 Å². The SMILES string of the molecule is Cc1nc(C)c(C(=O)NCCCn2nc(-c3ccccc3)ccc2=O)s1. The van der Waals surface area contributed by atoms with Crippen LogP contribution in [0, 0.1) is 13.8 Å². The molecule has 0 aliphatic rings. The molecular weight excluding hydrogens is 348 g/mol. The van der Waals surface area contributed by atoms with Crippen LogP contribution in [0.2, 0.25) is 0 Å². The highest BCUT2D eigenvalue weighted by Gasteiger charge is 2.13. The smallest absolute Gasteiger partial charge is 0.266 e. The van der Waals surface area contributed by atoms with Crippen LogP contribution in [0.15, 0.2) is 47.3 Å². The summed E-state index contributed by atoms with van der Waals surface area (Å²) in [6, 6.07) is 13.0. The Bertz CT molecular complexity index is 963. The lowest BCUT2D eigenvalue weighted by Gasteiger charge is -2.08. The lowest BCUT2D eigenvalue weighted by molar-refractivity contribution is 0.0956. The predicted octanol–water partition coefficient (Wildman–Crippen LogP) is 2.80. The number of carbonyl (C=O) groups is 1. The third-order valence-corrected chi connectivity index (χ3v) is 4.95. The summed E-state index contributed by atoms with van der Waals surface area (Å²) in [5.74, 6) is -0.119. The highest BCUT2D eigenvalue weighted by atomic mass is 32.1. The van der Waals surface area contributed by atoms with Crippen molar-refractivity contribution in [3.8, 4) is 11.3 Å². The maximum absolute atomic E-state index is 12.2. The zero-order valence-corrected chi connectivity index (χ0v) is 15.5. The summed E-state index contributed by atoms with van der Waals surface area (Å²) in [5, 5.41) is 8.17. The molecule has 0 bridgehead atoms. The molecule has 3 rings (SSSR count). The molecule has 26 heavy (non-hydrogen) atoms. The van der Waals surface area contributed by atoms with Crippen LogP contribution in [0.3, 0.4) is 0 Å². The van der Waals surface area contributed by atoms with Gasteiger partial charge in [0.05, 0.1) is 16.4 Å². The van der Waals surface area contributed by atoms with Gasteiger partial charge in [0.1, 0.15) is 4.88 Å². The fourth-order valence-electron chi connectivity index (χ4n) is 2.62. The molecule has 3 aromatic rings. The van der Waals surface area contributed by atoms with E-state index in [1.807, 2.05) is 44.2 Å². The molecule has 0 aliphatic carbocycles. The van der Waals surface area contributed by atoms with Crippen LogP contribution in [0.5, 0.6) is 0 Å². The third kappa shape index (κ3) is 4.23. The van der Waals surface area contributed by atoms with E-state index in [9.17, 15) is 9.59 Å². The first-order valence-corrected chi connectivity index (χ1v) is 9.22. The van der Waals surface area contributed by atoms with Crippen molar-refractivity contribution in [2.24, 2.45) is 0 Å². The summed E-state index contributed by atoms with van der Waals surface area (Å²) in [6.07, 6.45) is 0.619. The molecule has 2 aromatic heterocycles. The second kappa shape index (κ2) is 8.05. The van der Waals surface area contributed by atoms with Gasteiger partial charge in [-0.1, -0.05) is 30.3 Å². The number of nitrogens with zero attached hydrogens (tertiary/aromatic N) is 3. The van der Waals surface area contributed by atoms with Gasteiger partial charge in [-0.3, -0.25) is 9.59 Å². The number of hydrogen-bond acceptors (Lipinski definition) is 5. The van der Waals surface area contributed by atoms with E-state index in [0.717, 1.165) is 22.0 Å². The third-order valence-electron chi connectivity index (χ3n) is 3.88. The van der Waals surface area contributed by atoms with E-state index in [0.29, 0.717) is 24.4 Å². The van der Waals surface area contributed by atoms with Gasteiger partial charge in [0, 0.05) is 24.7 Å². The van der Waals surface area contributed by atoms with Gasteiger partial charge in [-0.15, -0.1) is 11.3 Å². The minimum atomic E-state index is -0.148. The van der Waals surface area contributed by atoms with Gasteiger partial charge in [0.2, 0.25) is 0 Å². The van der Waals surface area contributed by atoms with Gasteiger partial charge >= 0.3 is 0 Å². The standard InChI is InChI=1S/C19H20N4O2S/c1-13-18(26-14(2)21-13)19(25)20-11-6-12-23-17(24)10-9-16(22-23)15-7-4-3-5-8-15/h3-5,7-10H,6,11-12H2,1-2H3,(H,20,25). The van der Waals surface area contributed by atoms with Gasteiger partial charge in [-0.25, -0.2) is 9.67 Å². The molecule has 0 saturated carbocycles. The second-order valence-corrected chi connectivity index (χ2v) is 7.11. The van der Waals surface area contributed by atoms with E-state index in [1.54, 1.807) is 6.07 Å². The quantitative estimate of drug-likeness (QED) is 0.679. The molecule has 2 heterocycles. The van der Waals surface area contributed by atoms with Crippen molar-refractivity contribution >= 4 is 17.2 Å². The van der Waals surface area contributed by atoms with Crippen molar-refractivity contribution in [1.29, 1.82) is 0 Å². The molecule has 0 aliphatic heterocycles. The lowest BCUT2D eigenvalue weighted by Crippen LogP contribution is -2.28. The highest BCUT2D eigenvalue weighted by molar-refractivity contribution is 7.13. The number of aryl methyl sites for hydroxylation is 3. The molecule has 134 valence electrons. The van der Waals surface area contributed by atoms with Crippen LogP contribution in [0.1, 0.15) is 26.8 Å². The Labute approximate surface area is 155 Å². The minimum absolute atomic E-state index is 0.119. The van der Waals surface area contributed by atoms with Crippen molar-refractivity contribution < 1.29 is 4.79 Å². The van der Waals surface area contributed by atoms with Crippen molar-refractivity contribution in [3.05, 3.63) is 68.4 Å². The van der Waals surface area contributed by atoms with Gasteiger partial charge in [-0.05, 0) is 26.3 Å². The molecule has 0 saturated heterocycles. The molecule has 6 nitrogen and oxygen atoms in total. The molecular formula is C19H20N4O2S. The zero-order valence-electron chi connectivity index (χ0n) is 14.7. The molecule has 0 radical (unpaired) electrons. The Balaban J connectivity index is 1.59. The summed E-state index contributed by atoms with van der Waals surface area (Å²) in [7, 11) is 0. The summed E-state index contributed by atoms with van der Waals surface area (Å²) in [6.45, 7) is 4.63. The topological polar surface area (TPSA) is 76.9 Å². The van der Waals surface area contributed by atoms with Gasteiger partial charge < -0.3 is 5.32 Å². The first-order chi connectivity index (χ1) is 12.5. The minimum Gasteiger partial charge on any atom is -0.351 e. The van der Waals surface area contributed by atoms with Crippen LogP contribution in [-0.4, -0.2) is 27.2 Å². The predicted molar refractivity (Wildman–Crippen MR) is 102 cm³/mol.